The Bertz CT molecular complexity index is 761. The Morgan fingerprint density at radius 3 is 1.95 bits per heavy atom. The first-order valence-electron chi connectivity index (χ1n) is 7.26. The van der Waals surface area contributed by atoms with Crippen LogP contribution < -0.4 is 5.73 Å². The number of aromatic nitrogens is 1. The molecule has 0 aliphatic heterocycles. The van der Waals surface area contributed by atoms with Gasteiger partial charge in [-0.1, -0.05) is 62.5 Å². The molecule has 21 heavy (non-hydrogen) atoms. The Balaban J connectivity index is 2.10. The van der Waals surface area contributed by atoms with Crippen LogP contribution in [-0.2, 0) is 6.54 Å². The van der Waals surface area contributed by atoms with Crippen molar-refractivity contribution < 1.29 is 0 Å². The molecule has 0 fully saturated rings. The van der Waals surface area contributed by atoms with Crippen molar-refractivity contribution in [2.45, 2.75) is 26.8 Å². The molecule has 3 aromatic rings. The molecule has 0 spiro atoms. The molecule has 2 aromatic carbocycles. The molecule has 108 valence electrons. The molecular weight excluding hydrogens is 276 g/mol. The first-order chi connectivity index (χ1) is 10.0. The molecular formula is C18H20N2S. The number of nitrogens with zero attached hydrogens (tertiary/aromatic N) is 1. The van der Waals surface area contributed by atoms with E-state index < -0.39 is 0 Å². The van der Waals surface area contributed by atoms with Gasteiger partial charge < -0.3 is 10.3 Å². The molecule has 0 aliphatic carbocycles. The molecule has 0 unspecified atom stereocenters. The second kappa shape index (κ2) is 5.15. The average molecular weight is 296 g/mol. The molecule has 1 aromatic heterocycles. The molecule has 0 amide bonds. The smallest absolute Gasteiger partial charge is 0.0785 e. The van der Waals surface area contributed by atoms with Crippen molar-refractivity contribution in [3.8, 4) is 0 Å². The van der Waals surface area contributed by atoms with Crippen LogP contribution in [-0.4, -0.2) is 9.56 Å². The van der Waals surface area contributed by atoms with Gasteiger partial charge in [-0.15, -0.1) is 0 Å². The van der Waals surface area contributed by atoms with Gasteiger partial charge in [0, 0.05) is 33.8 Å². The van der Waals surface area contributed by atoms with Crippen LogP contribution in [0.15, 0.2) is 48.5 Å². The number of benzene rings is 2. The van der Waals surface area contributed by atoms with Gasteiger partial charge in [0.15, 0.2) is 0 Å². The summed E-state index contributed by atoms with van der Waals surface area (Å²) in [5, 5.41) is 2.61. The van der Waals surface area contributed by atoms with Crippen LogP contribution in [0.2, 0.25) is 0 Å². The standard InChI is InChI=1S/C18H20N2S/c1-18(2,17(19)21)11-12-20-15-9-5-3-7-13(15)14-8-4-6-10-16(14)20/h3-10H,11-12H2,1-2H3,(H2,19,21). The normalized spacial score (nSPS) is 12.1. The number of para-hydroxylation sites is 2. The minimum Gasteiger partial charge on any atom is -0.393 e. The summed E-state index contributed by atoms with van der Waals surface area (Å²) in [5.41, 5.74) is 8.28. The zero-order chi connectivity index (χ0) is 15.0. The third-order valence-electron chi connectivity index (χ3n) is 4.31. The molecule has 0 atom stereocenters. The Morgan fingerprint density at radius 2 is 1.48 bits per heavy atom. The van der Waals surface area contributed by atoms with E-state index in [1.807, 2.05) is 0 Å². The highest BCUT2D eigenvalue weighted by Crippen LogP contribution is 2.30. The molecule has 1 heterocycles. The topological polar surface area (TPSA) is 30.9 Å². The Labute approximate surface area is 130 Å². The summed E-state index contributed by atoms with van der Waals surface area (Å²) in [4.78, 5) is 0.586. The summed E-state index contributed by atoms with van der Waals surface area (Å²) in [7, 11) is 0. The van der Waals surface area contributed by atoms with Gasteiger partial charge in [0.2, 0.25) is 0 Å². The zero-order valence-corrected chi connectivity index (χ0v) is 13.3. The molecule has 0 bridgehead atoms. The van der Waals surface area contributed by atoms with Gasteiger partial charge in [0.25, 0.3) is 0 Å². The lowest BCUT2D eigenvalue weighted by atomic mass is 9.89. The number of hydrogen-bond acceptors (Lipinski definition) is 1. The van der Waals surface area contributed by atoms with E-state index in [9.17, 15) is 0 Å². The van der Waals surface area contributed by atoms with Crippen molar-refractivity contribution in [3.05, 3.63) is 48.5 Å². The quantitative estimate of drug-likeness (QED) is 0.719. The highest BCUT2D eigenvalue weighted by Gasteiger charge is 2.22. The average Bonchev–Trinajstić information content (AvgIpc) is 2.79. The molecule has 3 rings (SSSR count). The summed E-state index contributed by atoms with van der Waals surface area (Å²) in [6.45, 7) is 5.14. The van der Waals surface area contributed by atoms with Crippen molar-refractivity contribution in [3.63, 3.8) is 0 Å². The van der Waals surface area contributed by atoms with Gasteiger partial charge in [0.05, 0.1) is 4.99 Å². The highest BCUT2D eigenvalue weighted by molar-refractivity contribution is 7.80. The Morgan fingerprint density at radius 1 is 1.00 bits per heavy atom. The molecule has 0 aliphatic rings. The van der Waals surface area contributed by atoms with Crippen molar-refractivity contribution in [1.29, 1.82) is 0 Å². The third-order valence-corrected chi connectivity index (χ3v) is 4.86. The zero-order valence-electron chi connectivity index (χ0n) is 12.5. The fourth-order valence-corrected chi connectivity index (χ4v) is 2.86. The number of rotatable bonds is 4. The van der Waals surface area contributed by atoms with Gasteiger partial charge in [0.1, 0.15) is 0 Å². The van der Waals surface area contributed by atoms with Crippen LogP contribution in [0.3, 0.4) is 0 Å². The van der Waals surface area contributed by atoms with E-state index in [4.69, 9.17) is 18.0 Å². The number of nitrogens with two attached hydrogens (primary N) is 1. The SMILES string of the molecule is CC(C)(CCn1c2ccccc2c2ccccc21)C(N)=S. The summed E-state index contributed by atoms with van der Waals surface area (Å²) in [6, 6.07) is 17.1. The van der Waals surface area contributed by atoms with E-state index >= 15 is 0 Å². The lowest BCUT2D eigenvalue weighted by Gasteiger charge is -2.23. The molecule has 0 radical (unpaired) electrons. The Hall–Kier alpha value is -1.87. The van der Waals surface area contributed by atoms with E-state index in [1.54, 1.807) is 0 Å². The lowest BCUT2D eigenvalue weighted by molar-refractivity contribution is 0.443. The fourth-order valence-electron chi connectivity index (χ4n) is 2.76. The van der Waals surface area contributed by atoms with E-state index in [2.05, 4.69) is 66.9 Å². The second-order valence-corrected chi connectivity index (χ2v) is 6.62. The van der Waals surface area contributed by atoms with Gasteiger partial charge in [-0.25, -0.2) is 0 Å². The van der Waals surface area contributed by atoms with E-state index in [0.717, 1.165) is 13.0 Å². The summed E-state index contributed by atoms with van der Waals surface area (Å²) in [5.74, 6) is 0. The van der Waals surface area contributed by atoms with Gasteiger partial charge in [-0.2, -0.15) is 0 Å². The fraction of sp³-hybridized carbons (Fsp3) is 0.278. The van der Waals surface area contributed by atoms with Gasteiger partial charge in [-0.05, 0) is 18.6 Å². The maximum Gasteiger partial charge on any atom is 0.0785 e. The molecule has 0 saturated heterocycles. The van der Waals surface area contributed by atoms with E-state index in [1.165, 1.54) is 21.8 Å². The van der Waals surface area contributed by atoms with Crippen molar-refractivity contribution >= 4 is 39.0 Å². The van der Waals surface area contributed by atoms with Crippen LogP contribution in [0.5, 0.6) is 0 Å². The number of hydrogen-bond donors (Lipinski definition) is 1. The van der Waals surface area contributed by atoms with Crippen LogP contribution in [0.25, 0.3) is 21.8 Å². The molecule has 3 heteroatoms. The third kappa shape index (κ3) is 2.42. The maximum atomic E-state index is 5.86. The summed E-state index contributed by atoms with van der Waals surface area (Å²) in [6.07, 6.45) is 0.936. The molecule has 2 nitrogen and oxygen atoms in total. The summed E-state index contributed by atoms with van der Waals surface area (Å²) < 4.78 is 2.38. The number of fused-ring (bicyclic) bond motifs is 3. The monoisotopic (exact) mass is 296 g/mol. The summed E-state index contributed by atoms with van der Waals surface area (Å²) >= 11 is 5.19. The number of aryl methyl sites for hydroxylation is 1. The number of thiocarbonyl (C=S) groups is 1. The first kappa shape index (κ1) is 14.1. The van der Waals surface area contributed by atoms with Crippen LogP contribution in [0, 0.1) is 5.41 Å². The lowest BCUT2D eigenvalue weighted by Crippen LogP contribution is -2.30. The highest BCUT2D eigenvalue weighted by atomic mass is 32.1. The maximum absolute atomic E-state index is 5.86. The van der Waals surface area contributed by atoms with Crippen molar-refractivity contribution in [2.24, 2.45) is 11.1 Å². The minimum atomic E-state index is -0.123. The molecule has 2 N–H and O–H groups in total. The predicted molar refractivity (Wildman–Crippen MR) is 94.6 cm³/mol. The van der Waals surface area contributed by atoms with Gasteiger partial charge in [-0.3, -0.25) is 0 Å². The Kier molecular flexibility index (Phi) is 3.46. The largest absolute Gasteiger partial charge is 0.393 e. The van der Waals surface area contributed by atoms with E-state index in [-0.39, 0.29) is 5.41 Å². The van der Waals surface area contributed by atoms with Crippen LogP contribution >= 0.6 is 12.2 Å². The second-order valence-electron chi connectivity index (χ2n) is 6.18. The van der Waals surface area contributed by atoms with Crippen molar-refractivity contribution in [1.82, 2.24) is 4.57 Å². The van der Waals surface area contributed by atoms with Gasteiger partial charge >= 0.3 is 0 Å². The van der Waals surface area contributed by atoms with Crippen LogP contribution in [0.4, 0.5) is 0 Å². The van der Waals surface area contributed by atoms with Crippen LogP contribution in [0.1, 0.15) is 20.3 Å². The molecule has 0 saturated carbocycles. The van der Waals surface area contributed by atoms with Crippen molar-refractivity contribution in [2.75, 3.05) is 0 Å². The minimum absolute atomic E-state index is 0.123. The van der Waals surface area contributed by atoms with E-state index in [0.29, 0.717) is 4.99 Å². The predicted octanol–water partition coefficient (Wildman–Crippen LogP) is 4.50. The first-order valence-corrected chi connectivity index (χ1v) is 7.67.